The highest BCUT2D eigenvalue weighted by atomic mass is 16.7. The summed E-state index contributed by atoms with van der Waals surface area (Å²) in [6.07, 6.45) is 1.14. The lowest BCUT2D eigenvalue weighted by Crippen LogP contribution is -2.27. The Balaban J connectivity index is 3.90. The molecule has 0 bridgehead atoms. The van der Waals surface area contributed by atoms with Crippen LogP contribution in [-0.4, -0.2) is 49.6 Å². The van der Waals surface area contributed by atoms with E-state index >= 15 is 0 Å². The maximum atomic E-state index is 11.5. The van der Waals surface area contributed by atoms with Crippen molar-refractivity contribution in [2.45, 2.75) is 13.3 Å². The molecule has 0 aliphatic heterocycles. The molecule has 0 atom stereocenters. The quantitative estimate of drug-likeness (QED) is 0.340. The molecule has 122 valence electrons. The van der Waals surface area contributed by atoms with Gasteiger partial charge in [0.2, 0.25) is 0 Å². The van der Waals surface area contributed by atoms with Crippen LogP contribution in [-0.2, 0) is 28.6 Å². The molecule has 0 aliphatic carbocycles. The Morgan fingerprint density at radius 3 is 2.32 bits per heavy atom. The van der Waals surface area contributed by atoms with Crippen LogP contribution in [0, 0.1) is 0 Å². The minimum Gasteiger partial charge on any atom is -0.461 e. The largest absolute Gasteiger partial charge is 0.461 e. The van der Waals surface area contributed by atoms with E-state index in [9.17, 15) is 14.4 Å². The molecular formula is C15H21NO6. The molecule has 0 aromatic rings. The van der Waals surface area contributed by atoms with E-state index in [0.29, 0.717) is 13.1 Å². The first-order valence-electron chi connectivity index (χ1n) is 6.51. The van der Waals surface area contributed by atoms with Crippen molar-refractivity contribution in [3.63, 3.8) is 0 Å². The average molecular weight is 311 g/mol. The first-order valence-corrected chi connectivity index (χ1v) is 6.51. The zero-order chi connectivity index (χ0) is 17.1. The molecule has 0 aromatic heterocycles. The minimum atomic E-state index is -0.709. The van der Waals surface area contributed by atoms with Gasteiger partial charge in [0, 0.05) is 24.7 Å². The molecule has 7 nitrogen and oxygen atoms in total. The summed E-state index contributed by atoms with van der Waals surface area (Å²) >= 11 is 0. The molecule has 0 heterocycles. The molecule has 0 spiro atoms. The smallest absolute Gasteiger partial charge is 0.340 e. The first kappa shape index (κ1) is 19.6. The van der Waals surface area contributed by atoms with E-state index in [4.69, 9.17) is 9.47 Å². The Bertz CT molecular complexity index is 469. The predicted molar refractivity (Wildman–Crippen MR) is 79.4 cm³/mol. The molecule has 0 rings (SSSR count). The van der Waals surface area contributed by atoms with E-state index < -0.39 is 17.9 Å². The van der Waals surface area contributed by atoms with E-state index in [1.165, 1.54) is 6.92 Å². The van der Waals surface area contributed by atoms with Gasteiger partial charge in [0.05, 0.1) is 6.42 Å². The molecule has 0 aliphatic rings. The number of ether oxygens (including phenoxy) is 3. The van der Waals surface area contributed by atoms with E-state index in [1.807, 2.05) is 0 Å². The highest BCUT2D eigenvalue weighted by molar-refractivity contribution is 5.87. The Morgan fingerprint density at radius 1 is 1.14 bits per heavy atom. The molecule has 0 N–H and O–H groups in total. The molecule has 0 unspecified atom stereocenters. The van der Waals surface area contributed by atoms with Gasteiger partial charge in [0.15, 0.2) is 0 Å². The number of esters is 3. The first-order chi connectivity index (χ1) is 10.3. The highest BCUT2D eigenvalue weighted by Crippen LogP contribution is 2.04. The Hall–Kier alpha value is -2.41. The van der Waals surface area contributed by atoms with Gasteiger partial charge in [-0.15, -0.1) is 0 Å². The fourth-order valence-corrected chi connectivity index (χ4v) is 1.14. The summed E-state index contributed by atoms with van der Waals surface area (Å²) in [5.74, 6) is -2.18. The number of hydrogen-bond acceptors (Lipinski definition) is 7. The van der Waals surface area contributed by atoms with Crippen molar-refractivity contribution in [1.29, 1.82) is 0 Å². The van der Waals surface area contributed by atoms with Crippen molar-refractivity contribution >= 4 is 17.9 Å². The van der Waals surface area contributed by atoms with Crippen LogP contribution in [0.3, 0.4) is 0 Å². The molecule has 0 saturated carbocycles. The molecule has 0 radical (unpaired) electrons. The molecule has 0 saturated heterocycles. The maximum absolute atomic E-state index is 11.5. The van der Waals surface area contributed by atoms with Crippen molar-refractivity contribution in [3.05, 3.63) is 37.3 Å². The van der Waals surface area contributed by atoms with Crippen LogP contribution in [0.15, 0.2) is 37.3 Å². The van der Waals surface area contributed by atoms with Crippen LogP contribution in [0.5, 0.6) is 0 Å². The summed E-state index contributed by atoms with van der Waals surface area (Å²) in [4.78, 5) is 35.3. The van der Waals surface area contributed by atoms with Crippen molar-refractivity contribution in [3.8, 4) is 0 Å². The van der Waals surface area contributed by atoms with Gasteiger partial charge in [0.25, 0.3) is 5.95 Å². The predicted octanol–water partition coefficient (Wildman–Crippen LogP) is 1.17. The van der Waals surface area contributed by atoms with Gasteiger partial charge in [-0.25, -0.2) is 9.59 Å². The van der Waals surface area contributed by atoms with Gasteiger partial charge in [-0.3, -0.25) is 4.79 Å². The normalized spacial score (nSPS) is 9.77. The monoisotopic (exact) mass is 311 g/mol. The number of nitrogens with zero attached hydrogens (tertiary/aromatic N) is 1. The van der Waals surface area contributed by atoms with Crippen LogP contribution in [0.1, 0.15) is 13.3 Å². The SMILES string of the molecule is C=CC(=O)OCCN(C)CCC(=O)OC(=C)OC(=O)C(=C)C. The van der Waals surface area contributed by atoms with Crippen molar-refractivity contribution in [2.24, 2.45) is 0 Å². The fraction of sp³-hybridized carbons (Fsp3) is 0.400. The lowest BCUT2D eigenvalue weighted by Gasteiger charge is -2.15. The summed E-state index contributed by atoms with van der Waals surface area (Å²) in [7, 11) is 1.75. The maximum Gasteiger partial charge on any atom is 0.340 e. The lowest BCUT2D eigenvalue weighted by atomic mass is 10.4. The fourth-order valence-electron chi connectivity index (χ4n) is 1.14. The number of likely N-dealkylation sites (N-methyl/N-ethyl adjacent to an activating group) is 1. The van der Waals surface area contributed by atoms with E-state index in [-0.39, 0.29) is 24.5 Å². The van der Waals surface area contributed by atoms with Gasteiger partial charge >= 0.3 is 17.9 Å². The molecule has 0 amide bonds. The molecule has 7 heteroatoms. The minimum absolute atomic E-state index is 0.0650. The third-order valence-electron chi connectivity index (χ3n) is 2.36. The zero-order valence-corrected chi connectivity index (χ0v) is 12.9. The van der Waals surface area contributed by atoms with E-state index in [1.54, 1.807) is 11.9 Å². The van der Waals surface area contributed by atoms with E-state index in [2.05, 4.69) is 24.5 Å². The zero-order valence-electron chi connectivity index (χ0n) is 12.9. The highest BCUT2D eigenvalue weighted by Gasteiger charge is 2.12. The van der Waals surface area contributed by atoms with Crippen molar-refractivity contribution in [1.82, 2.24) is 4.90 Å². The summed E-state index contributed by atoms with van der Waals surface area (Å²) in [5, 5.41) is 0. The van der Waals surface area contributed by atoms with Crippen molar-refractivity contribution < 1.29 is 28.6 Å². The Kier molecular flexibility index (Phi) is 9.20. The summed E-state index contributed by atoms with van der Waals surface area (Å²) < 4.78 is 14.2. The molecule has 0 aromatic carbocycles. The number of carbonyl (C=O) groups is 3. The van der Waals surface area contributed by atoms with Gasteiger partial charge < -0.3 is 19.1 Å². The Morgan fingerprint density at radius 2 is 1.77 bits per heavy atom. The average Bonchev–Trinajstić information content (AvgIpc) is 2.44. The standard InChI is InChI=1S/C15H21NO6/c1-6-13(17)20-10-9-16(5)8-7-14(18)21-12(4)22-15(19)11(2)3/h6H,1-2,4,7-10H2,3,5H3. The van der Waals surface area contributed by atoms with Gasteiger partial charge in [-0.2, -0.15) is 0 Å². The third kappa shape index (κ3) is 9.49. The van der Waals surface area contributed by atoms with E-state index in [0.717, 1.165) is 6.08 Å². The summed E-state index contributed by atoms with van der Waals surface area (Å²) in [6.45, 7) is 12.5. The van der Waals surface area contributed by atoms with Crippen LogP contribution >= 0.6 is 0 Å². The van der Waals surface area contributed by atoms with Gasteiger partial charge in [-0.05, 0) is 20.6 Å². The van der Waals surface area contributed by atoms with Crippen molar-refractivity contribution in [2.75, 3.05) is 26.7 Å². The van der Waals surface area contributed by atoms with Crippen LogP contribution in [0.25, 0.3) is 0 Å². The van der Waals surface area contributed by atoms with Crippen LogP contribution < -0.4 is 0 Å². The Labute approximate surface area is 129 Å². The van der Waals surface area contributed by atoms with Gasteiger partial charge in [0.1, 0.15) is 6.61 Å². The molecule has 22 heavy (non-hydrogen) atoms. The summed E-state index contributed by atoms with van der Waals surface area (Å²) in [6, 6.07) is 0. The van der Waals surface area contributed by atoms with Crippen LogP contribution in [0.2, 0.25) is 0 Å². The number of carbonyl (C=O) groups excluding carboxylic acids is 3. The summed E-state index contributed by atoms with van der Waals surface area (Å²) in [5.41, 5.74) is 0.172. The second kappa shape index (κ2) is 10.3. The number of hydrogen-bond donors (Lipinski definition) is 0. The van der Waals surface area contributed by atoms with Gasteiger partial charge in [-0.1, -0.05) is 13.2 Å². The topological polar surface area (TPSA) is 82.1 Å². The molecule has 0 fully saturated rings. The number of rotatable bonds is 10. The lowest BCUT2D eigenvalue weighted by molar-refractivity contribution is -0.151. The third-order valence-corrected chi connectivity index (χ3v) is 2.36. The second-order valence-electron chi connectivity index (χ2n) is 4.44. The second-order valence-corrected chi connectivity index (χ2v) is 4.44. The van der Waals surface area contributed by atoms with Crippen LogP contribution in [0.4, 0.5) is 0 Å². The molecular weight excluding hydrogens is 290 g/mol.